The van der Waals surface area contributed by atoms with Gasteiger partial charge in [-0.2, -0.15) is 5.10 Å². The van der Waals surface area contributed by atoms with Gasteiger partial charge >= 0.3 is 0 Å². The molecule has 27 heavy (non-hydrogen) atoms. The van der Waals surface area contributed by atoms with Gasteiger partial charge in [-0.1, -0.05) is 47.5 Å². The standard InChI is InChI=1S/C21H19ClN4O/c1-14-5-3-6-15(9-14)12-26-13-16(11-23-26)24-21(27)20-10-17-18(22)7-4-8-19(17)25(20)2/h3-11,13H,12H2,1-2H3,(H,24,27). The SMILES string of the molecule is Cc1cccc(Cn2cc(NC(=O)c3cc4c(Cl)cccc4n3C)cn2)c1. The van der Waals surface area contributed by atoms with Gasteiger partial charge in [-0.3, -0.25) is 9.48 Å². The van der Waals surface area contributed by atoms with E-state index in [-0.39, 0.29) is 5.91 Å². The van der Waals surface area contributed by atoms with Gasteiger partial charge in [0, 0.05) is 29.2 Å². The van der Waals surface area contributed by atoms with Crippen molar-refractivity contribution in [1.82, 2.24) is 14.3 Å². The van der Waals surface area contributed by atoms with E-state index in [4.69, 9.17) is 11.6 Å². The average molecular weight is 379 g/mol. The summed E-state index contributed by atoms with van der Waals surface area (Å²) in [5.41, 5.74) is 4.50. The molecule has 4 aromatic rings. The Balaban J connectivity index is 1.53. The van der Waals surface area contributed by atoms with Crippen molar-refractivity contribution in [3.8, 4) is 0 Å². The summed E-state index contributed by atoms with van der Waals surface area (Å²) in [5.74, 6) is -0.195. The molecule has 0 aliphatic carbocycles. The fraction of sp³-hybridized carbons (Fsp3) is 0.143. The zero-order chi connectivity index (χ0) is 19.0. The Morgan fingerprint density at radius 1 is 1.19 bits per heavy atom. The maximum atomic E-state index is 12.7. The summed E-state index contributed by atoms with van der Waals surface area (Å²) in [6.45, 7) is 2.72. The number of hydrogen-bond acceptors (Lipinski definition) is 2. The van der Waals surface area contributed by atoms with E-state index in [9.17, 15) is 4.79 Å². The molecule has 0 bridgehead atoms. The van der Waals surface area contributed by atoms with Crippen LogP contribution in [-0.2, 0) is 13.6 Å². The van der Waals surface area contributed by atoms with Crippen LogP contribution < -0.4 is 5.32 Å². The van der Waals surface area contributed by atoms with E-state index < -0.39 is 0 Å². The Hall–Kier alpha value is -3.05. The fourth-order valence-corrected chi connectivity index (χ4v) is 3.47. The van der Waals surface area contributed by atoms with Crippen LogP contribution >= 0.6 is 11.6 Å². The predicted molar refractivity (Wildman–Crippen MR) is 108 cm³/mol. The van der Waals surface area contributed by atoms with Gasteiger partial charge in [-0.15, -0.1) is 0 Å². The third kappa shape index (κ3) is 3.46. The summed E-state index contributed by atoms with van der Waals surface area (Å²) >= 11 is 6.24. The maximum Gasteiger partial charge on any atom is 0.272 e. The van der Waals surface area contributed by atoms with Crippen molar-refractivity contribution in [3.63, 3.8) is 0 Å². The van der Waals surface area contributed by atoms with Crippen molar-refractivity contribution in [2.75, 3.05) is 5.32 Å². The lowest BCUT2D eigenvalue weighted by molar-refractivity contribution is 0.101. The van der Waals surface area contributed by atoms with Crippen LogP contribution in [0.4, 0.5) is 5.69 Å². The summed E-state index contributed by atoms with van der Waals surface area (Å²) < 4.78 is 3.65. The number of rotatable bonds is 4. The lowest BCUT2D eigenvalue weighted by Gasteiger charge is -2.05. The molecule has 136 valence electrons. The van der Waals surface area contributed by atoms with Crippen LogP contribution in [0, 0.1) is 6.92 Å². The molecule has 0 saturated heterocycles. The molecule has 0 fully saturated rings. The van der Waals surface area contributed by atoms with Gasteiger partial charge in [-0.05, 0) is 30.7 Å². The first-order valence-corrected chi connectivity index (χ1v) is 9.02. The Morgan fingerprint density at radius 3 is 2.78 bits per heavy atom. The highest BCUT2D eigenvalue weighted by molar-refractivity contribution is 6.35. The summed E-state index contributed by atoms with van der Waals surface area (Å²) in [5, 5.41) is 8.75. The first kappa shape index (κ1) is 17.4. The first-order chi connectivity index (χ1) is 13.0. The smallest absolute Gasteiger partial charge is 0.272 e. The zero-order valence-electron chi connectivity index (χ0n) is 15.1. The van der Waals surface area contributed by atoms with Gasteiger partial charge in [0.15, 0.2) is 0 Å². The number of anilines is 1. The van der Waals surface area contributed by atoms with Gasteiger partial charge in [0.2, 0.25) is 0 Å². The van der Waals surface area contributed by atoms with E-state index in [2.05, 4.69) is 35.5 Å². The highest BCUT2D eigenvalue weighted by Gasteiger charge is 2.15. The number of nitrogens with zero attached hydrogens (tertiary/aromatic N) is 3. The minimum atomic E-state index is -0.195. The van der Waals surface area contributed by atoms with Crippen molar-refractivity contribution in [3.05, 3.63) is 82.8 Å². The molecule has 0 saturated carbocycles. The quantitative estimate of drug-likeness (QED) is 0.562. The van der Waals surface area contributed by atoms with E-state index in [1.165, 1.54) is 11.1 Å². The molecule has 0 unspecified atom stereocenters. The van der Waals surface area contributed by atoms with E-state index in [1.54, 1.807) is 6.20 Å². The van der Waals surface area contributed by atoms with Crippen molar-refractivity contribution in [1.29, 1.82) is 0 Å². The van der Waals surface area contributed by atoms with Gasteiger partial charge in [0.05, 0.1) is 18.4 Å². The fourth-order valence-electron chi connectivity index (χ4n) is 3.25. The van der Waals surface area contributed by atoms with Crippen molar-refractivity contribution >= 4 is 34.1 Å². The summed E-state index contributed by atoms with van der Waals surface area (Å²) in [4.78, 5) is 12.7. The molecule has 2 aromatic heterocycles. The third-order valence-electron chi connectivity index (χ3n) is 4.58. The lowest BCUT2D eigenvalue weighted by Crippen LogP contribution is -2.15. The van der Waals surface area contributed by atoms with Crippen LogP contribution in [0.15, 0.2) is 60.9 Å². The summed E-state index contributed by atoms with van der Waals surface area (Å²) in [7, 11) is 1.86. The lowest BCUT2D eigenvalue weighted by atomic mass is 10.1. The van der Waals surface area contributed by atoms with E-state index >= 15 is 0 Å². The van der Waals surface area contributed by atoms with Crippen molar-refractivity contribution in [2.45, 2.75) is 13.5 Å². The second kappa shape index (κ2) is 6.93. The number of benzene rings is 2. The number of nitrogens with one attached hydrogen (secondary N) is 1. The Labute approximate surface area is 162 Å². The monoisotopic (exact) mass is 378 g/mol. The van der Waals surface area contributed by atoms with Gasteiger partial charge in [-0.25, -0.2) is 0 Å². The second-order valence-electron chi connectivity index (χ2n) is 6.63. The molecule has 6 heteroatoms. The second-order valence-corrected chi connectivity index (χ2v) is 7.04. The van der Waals surface area contributed by atoms with Crippen molar-refractivity contribution < 1.29 is 4.79 Å². The van der Waals surface area contributed by atoms with Crippen molar-refractivity contribution in [2.24, 2.45) is 7.05 Å². The number of aryl methyl sites for hydroxylation is 2. The molecule has 0 spiro atoms. The Bertz CT molecular complexity index is 1140. The predicted octanol–water partition coefficient (Wildman–Crippen LogP) is 4.64. The number of amides is 1. The molecule has 0 radical (unpaired) electrons. The van der Waals surface area contributed by atoms with E-state index in [1.807, 2.05) is 52.8 Å². The zero-order valence-corrected chi connectivity index (χ0v) is 15.9. The van der Waals surface area contributed by atoms with E-state index in [0.29, 0.717) is 22.9 Å². The molecular weight excluding hydrogens is 360 g/mol. The summed E-state index contributed by atoms with van der Waals surface area (Å²) in [6.07, 6.45) is 3.49. The molecule has 5 nitrogen and oxygen atoms in total. The van der Waals surface area contributed by atoms with Gasteiger partial charge < -0.3 is 9.88 Å². The van der Waals surface area contributed by atoms with Crippen LogP contribution in [0.2, 0.25) is 5.02 Å². The highest BCUT2D eigenvalue weighted by atomic mass is 35.5. The molecule has 1 N–H and O–H groups in total. The number of carbonyl (C=O) groups excluding carboxylic acids is 1. The largest absolute Gasteiger partial charge is 0.340 e. The highest BCUT2D eigenvalue weighted by Crippen LogP contribution is 2.26. The first-order valence-electron chi connectivity index (χ1n) is 8.64. The maximum absolute atomic E-state index is 12.7. The van der Waals surface area contributed by atoms with Crippen LogP contribution in [0.3, 0.4) is 0 Å². The number of halogens is 1. The van der Waals surface area contributed by atoms with Gasteiger partial charge in [0.1, 0.15) is 5.69 Å². The normalized spacial score (nSPS) is 11.1. The van der Waals surface area contributed by atoms with Crippen LogP contribution in [0.1, 0.15) is 21.6 Å². The molecule has 2 heterocycles. The molecule has 0 aliphatic heterocycles. The number of carbonyl (C=O) groups is 1. The number of aromatic nitrogens is 3. The van der Waals surface area contributed by atoms with Gasteiger partial charge in [0.25, 0.3) is 5.91 Å². The average Bonchev–Trinajstić information content (AvgIpc) is 3.20. The minimum Gasteiger partial charge on any atom is -0.340 e. The van der Waals surface area contributed by atoms with Crippen LogP contribution in [0.25, 0.3) is 10.9 Å². The minimum absolute atomic E-state index is 0.195. The molecule has 4 rings (SSSR count). The van der Waals surface area contributed by atoms with Crippen LogP contribution in [-0.4, -0.2) is 20.3 Å². The molecule has 0 aliphatic rings. The Kier molecular flexibility index (Phi) is 4.46. The molecular formula is C21H19ClN4O. The molecule has 0 atom stereocenters. The summed E-state index contributed by atoms with van der Waals surface area (Å²) in [6, 6.07) is 15.7. The number of fused-ring (bicyclic) bond motifs is 1. The van der Waals surface area contributed by atoms with Crippen LogP contribution in [0.5, 0.6) is 0 Å². The molecule has 1 amide bonds. The third-order valence-corrected chi connectivity index (χ3v) is 4.91. The topological polar surface area (TPSA) is 51.9 Å². The molecule has 2 aromatic carbocycles. The Morgan fingerprint density at radius 2 is 2.00 bits per heavy atom. The van der Waals surface area contributed by atoms with E-state index in [0.717, 1.165) is 10.9 Å². The number of hydrogen-bond donors (Lipinski definition) is 1.